The lowest BCUT2D eigenvalue weighted by Gasteiger charge is -2.13. The number of hydrogen-bond acceptors (Lipinski definition) is 4. The van der Waals surface area contributed by atoms with Crippen LogP contribution in [-0.4, -0.2) is 23.7 Å². The van der Waals surface area contributed by atoms with Crippen LogP contribution >= 0.6 is 11.8 Å². The van der Waals surface area contributed by atoms with Crippen molar-refractivity contribution in [2.45, 2.75) is 24.0 Å². The van der Waals surface area contributed by atoms with Crippen LogP contribution in [0.3, 0.4) is 0 Å². The number of amides is 2. The van der Waals surface area contributed by atoms with Gasteiger partial charge in [0.2, 0.25) is 11.8 Å². The first-order valence-corrected chi connectivity index (χ1v) is 11.3. The molecule has 6 heteroatoms. The molecule has 0 spiro atoms. The van der Waals surface area contributed by atoms with E-state index < -0.39 is 0 Å². The van der Waals surface area contributed by atoms with E-state index in [1.807, 2.05) is 92.7 Å². The summed E-state index contributed by atoms with van der Waals surface area (Å²) in [5.74, 6) is 0.460. The Balaban J connectivity index is 1.54. The van der Waals surface area contributed by atoms with E-state index in [9.17, 15) is 9.59 Å². The van der Waals surface area contributed by atoms with Gasteiger partial charge in [-0.15, -0.1) is 11.8 Å². The van der Waals surface area contributed by atoms with Crippen LogP contribution in [0, 0.1) is 0 Å². The Labute approximate surface area is 192 Å². The van der Waals surface area contributed by atoms with Gasteiger partial charge in [0.05, 0.1) is 11.9 Å². The second kappa shape index (κ2) is 11.8. The number of ether oxygens (including phenoxy) is 1. The van der Waals surface area contributed by atoms with Crippen molar-refractivity contribution < 1.29 is 14.3 Å². The molecule has 0 heterocycles. The number of carbonyl (C=O) groups is 2. The van der Waals surface area contributed by atoms with Crippen LogP contribution in [0.2, 0.25) is 0 Å². The average molecular weight is 447 g/mol. The fourth-order valence-electron chi connectivity index (χ4n) is 2.87. The zero-order chi connectivity index (χ0) is 22.8. The Bertz CT molecular complexity index is 1070. The monoisotopic (exact) mass is 446 g/mol. The van der Waals surface area contributed by atoms with E-state index in [2.05, 4.69) is 10.6 Å². The van der Waals surface area contributed by atoms with Gasteiger partial charge in [-0.3, -0.25) is 9.59 Å². The lowest BCUT2D eigenvalue weighted by molar-refractivity contribution is -0.115. The molecule has 0 saturated carbocycles. The molecule has 2 amide bonds. The molecule has 0 radical (unpaired) electrons. The number of anilines is 2. The van der Waals surface area contributed by atoms with Crippen LogP contribution in [0.4, 0.5) is 11.4 Å². The third kappa shape index (κ3) is 7.32. The summed E-state index contributed by atoms with van der Waals surface area (Å²) in [7, 11) is 0. The SMILES string of the molecule is CCOc1ccc(NC(=O)C(C)Sc2cccc(NC(=O)/C=C/c3ccccc3)c2)cc1. The predicted octanol–water partition coefficient (Wildman–Crippen LogP) is 5.86. The van der Waals surface area contributed by atoms with Gasteiger partial charge in [0.1, 0.15) is 5.75 Å². The van der Waals surface area contributed by atoms with Crippen LogP contribution in [0.1, 0.15) is 19.4 Å². The van der Waals surface area contributed by atoms with Crippen molar-refractivity contribution in [2.75, 3.05) is 17.2 Å². The topological polar surface area (TPSA) is 67.4 Å². The maximum Gasteiger partial charge on any atom is 0.248 e. The van der Waals surface area contributed by atoms with E-state index in [0.717, 1.165) is 21.9 Å². The molecule has 3 aromatic carbocycles. The minimum absolute atomic E-state index is 0.0978. The van der Waals surface area contributed by atoms with Gasteiger partial charge in [-0.25, -0.2) is 0 Å². The highest BCUT2D eigenvalue weighted by Gasteiger charge is 2.15. The molecule has 1 unspecified atom stereocenters. The summed E-state index contributed by atoms with van der Waals surface area (Å²) in [6.45, 7) is 4.38. The molecule has 1 atom stereocenters. The first-order chi connectivity index (χ1) is 15.5. The van der Waals surface area contributed by atoms with Gasteiger partial charge >= 0.3 is 0 Å². The Morgan fingerprint density at radius 1 is 0.938 bits per heavy atom. The summed E-state index contributed by atoms with van der Waals surface area (Å²) in [6, 6.07) is 24.4. The van der Waals surface area contributed by atoms with Crippen molar-refractivity contribution in [3.05, 3.63) is 90.5 Å². The van der Waals surface area contributed by atoms with Crippen molar-refractivity contribution >= 4 is 41.0 Å². The molecule has 0 saturated heterocycles. The first-order valence-electron chi connectivity index (χ1n) is 10.4. The smallest absolute Gasteiger partial charge is 0.248 e. The number of nitrogens with one attached hydrogen (secondary N) is 2. The summed E-state index contributed by atoms with van der Waals surface area (Å²) >= 11 is 1.43. The van der Waals surface area contributed by atoms with Gasteiger partial charge in [0.15, 0.2) is 0 Å². The second-order valence-corrected chi connectivity index (χ2v) is 8.38. The Morgan fingerprint density at radius 3 is 2.41 bits per heavy atom. The zero-order valence-corrected chi connectivity index (χ0v) is 18.9. The Hall–Kier alpha value is -3.51. The molecule has 0 aliphatic heterocycles. The highest BCUT2D eigenvalue weighted by Crippen LogP contribution is 2.27. The van der Waals surface area contributed by atoms with Crippen molar-refractivity contribution in [1.29, 1.82) is 0 Å². The van der Waals surface area contributed by atoms with E-state index in [4.69, 9.17) is 4.74 Å². The van der Waals surface area contributed by atoms with Gasteiger partial charge in [0, 0.05) is 22.3 Å². The fraction of sp³-hybridized carbons (Fsp3) is 0.154. The molecule has 3 aromatic rings. The second-order valence-electron chi connectivity index (χ2n) is 6.97. The van der Waals surface area contributed by atoms with E-state index in [-0.39, 0.29) is 17.1 Å². The first kappa shape index (κ1) is 23.2. The molecule has 0 fully saturated rings. The number of hydrogen-bond donors (Lipinski definition) is 2. The molecule has 2 N–H and O–H groups in total. The lowest BCUT2D eigenvalue weighted by Crippen LogP contribution is -2.22. The van der Waals surface area contributed by atoms with Crippen LogP contribution in [0.15, 0.2) is 89.8 Å². The Morgan fingerprint density at radius 2 is 1.69 bits per heavy atom. The molecule has 5 nitrogen and oxygen atoms in total. The fourth-order valence-corrected chi connectivity index (χ4v) is 3.80. The van der Waals surface area contributed by atoms with E-state index in [1.165, 1.54) is 17.8 Å². The van der Waals surface area contributed by atoms with Crippen molar-refractivity contribution in [3.8, 4) is 5.75 Å². The molecule has 0 aromatic heterocycles. The van der Waals surface area contributed by atoms with Gasteiger partial charge in [-0.05, 0) is 68.0 Å². The Kier molecular flexibility index (Phi) is 8.52. The number of benzene rings is 3. The standard InChI is InChI=1S/C26H26N2O3S/c1-3-31-23-15-13-21(14-16-23)28-26(30)19(2)32-24-11-7-10-22(18-24)27-25(29)17-12-20-8-5-4-6-9-20/h4-19H,3H2,1-2H3,(H,27,29)(H,28,30)/b17-12+. The summed E-state index contributed by atoms with van der Waals surface area (Å²) in [6.07, 6.45) is 3.27. The van der Waals surface area contributed by atoms with Crippen molar-refractivity contribution in [1.82, 2.24) is 0 Å². The molecular weight excluding hydrogens is 420 g/mol. The number of carbonyl (C=O) groups excluding carboxylic acids is 2. The maximum absolute atomic E-state index is 12.6. The summed E-state index contributed by atoms with van der Waals surface area (Å²) < 4.78 is 5.42. The van der Waals surface area contributed by atoms with E-state index >= 15 is 0 Å². The van der Waals surface area contributed by atoms with Gasteiger partial charge in [-0.1, -0.05) is 36.4 Å². The van der Waals surface area contributed by atoms with Gasteiger partial charge < -0.3 is 15.4 Å². The van der Waals surface area contributed by atoms with Crippen LogP contribution < -0.4 is 15.4 Å². The summed E-state index contributed by atoms with van der Waals surface area (Å²) in [5.41, 5.74) is 2.35. The van der Waals surface area contributed by atoms with Crippen LogP contribution in [0.25, 0.3) is 6.08 Å². The third-order valence-electron chi connectivity index (χ3n) is 4.44. The molecule has 164 valence electrons. The highest BCUT2D eigenvalue weighted by atomic mass is 32.2. The molecular formula is C26H26N2O3S. The number of rotatable bonds is 9. The largest absolute Gasteiger partial charge is 0.494 e. The van der Waals surface area contributed by atoms with E-state index in [1.54, 1.807) is 6.08 Å². The van der Waals surface area contributed by atoms with Crippen LogP contribution in [-0.2, 0) is 9.59 Å². The predicted molar refractivity (Wildman–Crippen MR) is 132 cm³/mol. The molecule has 0 aliphatic carbocycles. The zero-order valence-electron chi connectivity index (χ0n) is 18.1. The highest BCUT2D eigenvalue weighted by molar-refractivity contribution is 8.00. The number of thioether (sulfide) groups is 1. The molecule has 32 heavy (non-hydrogen) atoms. The lowest BCUT2D eigenvalue weighted by atomic mass is 10.2. The minimum Gasteiger partial charge on any atom is -0.494 e. The van der Waals surface area contributed by atoms with E-state index in [0.29, 0.717) is 12.3 Å². The minimum atomic E-state index is -0.314. The van der Waals surface area contributed by atoms with Crippen LogP contribution in [0.5, 0.6) is 5.75 Å². The molecule has 0 aliphatic rings. The van der Waals surface area contributed by atoms with Crippen molar-refractivity contribution in [3.63, 3.8) is 0 Å². The van der Waals surface area contributed by atoms with Gasteiger partial charge in [0.25, 0.3) is 0 Å². The average Bonchev–Trinajstić information content (AvgIpc) is 2.80. The molecule has 3 rings (SSSR count). The summed E-state index contributed by atoms with van der Waals surface area (Å²) in [5, 5.41) is 5.46. The van der Waals surface area contributed by atoms with Crippen molar-refractivity contribution in [2.24, 2.45) is 0 Å². The maximum atomic E-state index is 12.6. The molecule has 0 bridgehead atoms. The quantitative estimate of drug-likeness (QED) is 0.319. The third-order valence-corrected chi connectivity index (χ3v) is 5.54. The summed E-state index contributed by atoms with van der Waals surface area (Å²) in [4.78, 5) is 25.7. The van der Waals surface area contributed by atoms with Gasteiger partial charge in [-0.2, -0.15) is 0 Å². The normalized spacial score (nSPS) is 11.7.